The maximum atomic E-state index is 5.85. The number of aromatic nitrogens is 2. The summed E-state index contributed by atoms with van der Waals surface area (Å²) in [5.41, 5.74) is 0.911. The molecule has 0 spiro atoms. The van der Waals surface area contributed by atoms with Gasteiger partial charge in [-0.2, -0.15) is 4.98 Å². The zero-order valence-electron chi connectivity index (χ0n) is 7.44. The first-order chi connectivity index (χ1) is 6.84. The Morgan fingerprint density at radius 3 is 2.71 bits per heavy atom. The summed E-state index contributed by atoms with van der Waals surface area (Å²) in [4.78, 5) is 10.6. The Labute approximate surface area is 86.3 Å². The summed E-state index contributed by atoms with van der Waals surface area (Å²) in [5.74, 6) is 0.959. The van der Waals surface area contributed by atoms with Crippen LogP contribution in [0.15, 0.2) is 24.3 Å². The van der Waals surface area contributed by atoms with Crippen LogP contribution in [0.25, 0.3) is 10.9 Å². The third kappa shape index (κ3) is 1.21. The van der Waals surface area contributed by atoms with Gasteiger partial charge < -0.3 is 4.90 Å². The van der Waals surface area contributed by atoms with Crippen molar-refractivity contribution in [1.29, 1.82) is 0 Å². The standard InChI is InChI=1S/C10H8ClN3/c11-10-12-8-4-2-1-3-7(8)9(13-10)14-5-6-14/h1-4H,5-6H2. The van der Waals surface area contributed by atoms with Crippen molar-refractivity contribution in [2.24, 2.45) is 0 Å². The van der Waals surface area contributed by atoms with Crippen molar-refractivity contribution in [2.75, 3.05) is 18.0 Å². The van der Waals surface area contributed by atoms with Crippen LogP contribution in [0.1, 0.15) is 0 Å². The van der Waals surface area contributed by atoms with E-state index in [1.165, 1.54) is 0 Å². The fourth-order valence-corrected chi connectivity index (χ4v) is 1.71. The normalized spacial score (nSPS) is 14.8. The van der Waals surface area contributed by atoms with E-state index >= 15 is 0 Å². The number of hydrogen-bond donors (Lipinski definition) is 0. The molecule has 0 atom stereocenters. The van der Waals surface area contributed by atoms with Crippen LogP contribution in [0.3, 0.4) is 0 Å². The van der Waals surface area contributed by atoms with E-state index in [-0.39, 0.29) is 0 Å². The van der Waals surface area contributed by atoms with E-state index in [1.54, 1.807) is 0 Å². The van der Waals surface area contributed by atoms with Gasteiger partial charge in [0, 0.05) is 18.5 Å². The van der Waals surface area contributed by atoms with Crippen LogP contribution in [0.4, 0.5) is 5.82 Å². The van der Waals surface area contributed by atoms with E-state index in [0.29, 0.717) is 5.28 Å². The van der Waals surface area contributed by atoms with Gasteiger partial charge in [0.05, 0.1) is 5.52 Å². The lowest BCUT2D eigenvalue weighted by atomic mass is 10.2. The Morgan fingerprint density at radius 1 is 1.14 bits per heavy atom. The minimum absolute atomic E-state index is 0.325. The molecule has 0 N–H and O–H groups in total. The van der Waals surface area contributed by atoms with Crippen LogP contribution in [0.5, 0.6) is 0 Å². The molecule has 0 aliphatic carbocycles. The smallest absolute Gasteiger partial charge is 0.224 e. The molecule has 0 radical (unpaired) electrons. The third-order valence-corrected chi connectivity index (χ3v) is 2.47. The molecule has 2 aromatic rings. The van der Waals surface area contributed by atoms with Crippen LogP contribution in [0, 0.1) is 0 Å². The molecular weight excluding hydrogens is 198 g/mol. The van der Waals surface area contributed by atoms with Crippen LogP contribution >= 0.6 is 11.6 Å². The van der Waals surface area contributed by atoms with Crippen LogP contribution < -0.4 is 4.90 Å². The van der Waals surface area contributed by atoms with E-state index in [0.717, 1.165) is 29.8 Å². The van der Waals surface area contributed by atoms with Crippen molar-refractivity contribution in [3.63, 3.8) is 0 Å². The molecule has 1 aromatic carbocycles. The third-order valence-electron chi connectivity index (χ3n) is 2.30. The van der Waals surface area contributed by atoms with Crippen molar-refractivity contribution in [3.8, 4) is 0 Å². The Balaban J connectivity index is 2.34. The van der Waals surface area contributed by atoms with Crippen LogP contribution in [-0.2, 0) is 0 Å². The van der Waals surface area contributed by atoms with Gasteiger partial charge in [-0.05, 0) is 23.7 Å². The maximum absolute atomic E-state index is 5.85. The summed E-state index contributed by atoms with van der Waals surface area (Å²) in [6.07, 6.45) is 0. The van der Waals surface area contributed by atoms with E-state index in [2.05, 4.69) is 14.9 Å². The first kappa shape index (κ1) is 8.00. The van der Waals surface area contributed by atoms with Crippen molar-refractivity contribution in [2.45, 2.75) is 0 Å². The Morgan fingerprint density at radius 2 is 1.93 bits per heavy atom. The Bertz CT molecular complexity index is 494. The molecule has 3 nitrogen and oxygen atoms in total. The zero-order chi connectivity index (χ0) is 9.54. The lowest BCUT2D eigenvalue weighted by molar-refractivity contribution is 1.18. The van der Waals surface area contributed by atoms with Crippen LogP contribution in [0.2, 0.25) is 5.28 Å². The first-order valence-electron chi connectivity index (χ1n) is 4.52. The lowest BCUT2D eigenvalue weighted by Gasteiger charge is -2.05. The van der Waals surface area contributed by atoms with Gasteiger partial charge in [0.2, 0.25) is 5.28 Å². The number of fused-ring (bicyclic) bond motifs is 1. The van der Waals surface area contributed by atoms with Gasteiger partial charge in [-0.1, -0.05) is 12.1 Å². The van der Waals surface area contributed by atoms with Crippen molar-refractivity contribution < 1.29 is 0 Å². The number of hydrogen-bond acceptors (Lipinski definition) is 3. The lowest BCUT2D eigenvalue weighted by Crippen LogP contribution is -1.97. The van der Waals surface area contributed by atoms with Gasteiger partial charge in [0.25, 0.3) is 0 Å². The summed E-state index contributed by atoms with van der Waals surface area (Å²) in [6.45, 7) is 2.13. The van der Waals surface area contributed by atoms with E-state index in [1.807, 2.05) is 24.3 Å². The topological polar surface area (TPSA) is 28.8 Å². The molecule has 1 saturated heterocycles. The van der Waals surface area contributed by atoms with Gasteiger partial charge in [0.15, 0.2) is 0 Å². The average Bonchev–Trinajstić information content (AvgIpc) is 2.99. The van der Waals surface area contributed by atoms with E-state index < -0.39 is 0 Å². The first-order valence-corrected chi connectivity index (χ1v) is 4.89. The Hall–Kier alpha value is -1.35. The van der Waals surface area contributed by atoms with Crippen molar-refractivity contribution in [1.82, 2.24) is 9.97 Å². The van der Waals surface area contributed by atoms with Crippen LogP contribution in [-0.4, -0.2) is 23.1 Å². The SMILES string of the molecule is Clc1nc(N2CC2)c2ccccc2n1. The van der Waals surface area contributed by atoms with E-state index in [9.17, 15) is 0 Å². The second-order valence-electron chi connectivity index (χ2n) is 3.32. The molecule has 1 aromatic heterocycles. The van der Waals surface area contributed by atoms with E-state index in [4.69, 9.17) is 11.6 Å². The fraction of sp³-hybridized carbons (Fsp3) is 0.200. The van der Waals surface area contributed by atoms with Gasteiger partial charge >= 0.3 is 0 Å². The highest BCUT2D eigenvalue weighted by atomic mass is 35.5. The summed E-state index contributed by atoms with van der Waals surface area (Å²) >= 11 is 5.85. The number of rotatable bonds is 1. The second kappa shape index (κ2) is 2.82. The molecule has 0 amide bonds. The molecular formula is C10H8ClN3. The van der Waals surface area contributed by atoms with Gasteiger partial charge in [-0.15, -0.1) is 0 Å². The average molecular weight is 206 g/mol. The molecule has 2 heterocycles. The minimum atomic E-state index is 0.325. The molecule has 1 fully saturated rings. The van der Waals surface area contributed by atoms with Gasteiger partial charge in [0.1, 0.15) is 5.82 Å². The maximum Gasteiger partial charge on any atom is 0.224 e. The molecule has 70 valence electrons. The molecule has 0 saturated carbocycles. The second-order valence-corrected chi connectivity index (χ2v) is 3.66. The quantitative estimate of drug-likeness (QED) is 0.528. The molecule has 0 bridgehead atoms. The molecule has 0 unspecified atom stereocenters. The Kier molecular flexibility index (Phi) is 1.61. The fourth-order valence-electron chi connectivity index (χ4n) is 1.54. The van der Waals surface area contributed by atoms with Crippen molar-refractivity contribution in [3.05, 3.63) is 29.5 Å². The zero-order valence-corrected chi connectivity index (χ0v) is 8.20. The van der Waals surface area contributed by atoms with Gasteiger partial charge in [-0.3, -0.25) is 0 Å². The van der Waals surface area contributed by atoms with Gasteiger partial charge in [-0.25, -0.2) is 4.98 Å². The number of para-hydroxylation sites is 1. The molecule has 14 heavy (non-hydrogen) atoms. The largest absolute Gasteiger partial charge is 0.352 e. The number of anilines is 1. The molecule has 3 rings (SSSR count). The minimum Gasteiger partial charge on any atom is -0.352 e. The molecule has 4 heteroatoms. The summed E-state index contributed by atoms with van der Waals surface area (Å²) in [5, 5.41) is 1.40. The summed E-state index contributed by atoms with van der Waals surface area (Å²) in [6, 6.07) is 7.93. The molecule has 1 aliphatic rings. The number of halogens is 1. The van der Waals surface area contributed by atoms with Crippen molar-refractivity contribution >= 4 is 28.3 Å². The highest BCUT2D eigenvalue weighted by Gasteiger charge is 2.22. The molecule has 1 aliphatic heterocycles. The highest BCUT2D eigenvalue weighted by molar-refractivity contribution is 6.28. The predicted octanol–water partition coefficient (Wildman–Crippen LogP) is 2.10. The monoisotopic (exact) mass is 205 g/mol. The number of benzene rings is 1. The predicted molar refractivity (Wildman–Crippen MR) is 56.8 cm³/mol. The highest BCUT2D eigenvalue weighted by Crippen LogP contribution is 2.28. The summed E-state index contributed by atoms with van der Waals surface area (Å²) in [7, 11) is 0. The summed E-state index contributed by atoms with van der Waals surface area (Å²) < 4.78 is 0. The number of nitrogens with zero attached hydrogens (tertiary/aromatic N) is 3.